The van der Waals surface area contributed by atoms with Gasteiger partial charge in [-0.2, -0.15) is 0 Å². The average Bonchev–Trinajstić information content (AvgIpc) is 3.39. The molecule has 2 aromatic carbocycles. The van der Waals surface area contributed by atoms with Crippen LogP contribution in [-0.4, -0.2) is 26.1 Å². The molecule has 0 unspecified atom stereocenters. The van der Waals surface area contributed by atoms with Crippen LogP contribution >= 0.6 is 11.8 Å². The minimum Gasteiger partial charge on any atom is -0.322 e. The lowest BCUT2D eigenvalue weighted by molar-refractivity contribution is 0.102. The van der Waals surface area contributed by atoms with Gasteiger partial charge in [0.25, 0.3) is 5.91 Å². The highest BCUT2D eigenvalue weighted by Gasteiger charge is 2.21. The van der Waals surface area contributed by atoms with Crippen LogP contribution in [0.15, 0.2) is 59.8 Å². The molecule has 4 rings (SSSR count). The lowest BCUT2D eigenvalue weighted by Crippen LogP contribution is -2.11. The van der Waals surface area contributed by atoms with E-state index in [1.165, 1.54) is 12.8 Å². The Hall–Kier alpha value is -2.67. The number of para-hydroxylation sites is 1. The highest BCUT2D eigenvalue weighted by molar-refractivity contribution is 7.98. The number of benzene rings is 2. The highest BCUT2D eigenvalue weighted by Crippen LogP contribution is 2.32. The first kappa shape index (κ1) is 17.7. The number of amides is 1. The van der Waals surface area contributed by atoms with Crippen molar-refractivity contribution in [1.82, 2.24) is 20.2 Å². The van der Waals surface area contributed by atoms with Gasteiger partial charge in [-0.15, -0.1) is 5.10 Å². The monoisotopic (exact) mass is 379 g/mol. The molecule has 27 heavy (non-hydrogen) atoms. The third-order valence-corrected chi connectivity index (χ3v) is 5.75. The molecule has 1 fully saturated rings. The molecule has 3 aromatic rings. The Balaban J connectivity index is 1.36. The van der Waals surface area contributed by atoms with Crippen LogP contribution in [0.4, 0.5) is 5.69 Å². The summed E-state index contributed by atoms with van der Waals surface area (Å²) in [5, 5.41) is 15.9. The summed E-state index contributed by atoms with van der Waals surface area (Å²) in [4.78, 5) is 12.3. The Bertz CT molecular complexity index is 888. The van der Waals surface area contributed by atoms with Crippen molar-refractivity contribution in [2.45, 2.75) is 42.6 Å². The predicted molar refractivity (Wildman–Crippen MR) is 106 cm³/mol. The zero-order valence-corrected chi connectivity index (χ0v) is 15.7. The van der Waals surface area contributed by atoms with Gasteiger partial charge in [-0.25, -0.2) is 4.68 Å². The summed E-state index contributed by atoms with van der Waals surface area (Å²) in [6.07, 6.45) is 4.82. The van der Waals surface area contributed by atoms with Gasteiger partial charge >= 0.3 is 0 Å². The molecule has 0 bridgehead atoms. The first-order chi connectivity index (χ1) is 13.3. The molecule has 1 aliphatic rings. The number of carbonyl (C=O) groups excluding carboxylic acids is 1. The topological polar surface area (TPSA) is 72.7 Å². The maximum Gasteiger partial charge on any atom is 0.255 e. The molecule has 1 heterocycles. The molecular weight excluding hydrogens is 358 g/mol. The average molecular weight is 379 g/mol. The molecule has 138 valence electrons. The van der Waals surface area contributed by atoms with Crippen molar-refractivity contribution in [3.63, 3.8) is 0 Å². The summed E-state index contributed by atoms with van der Waals surface area (Å²) in [6, 6.07) is 17.6. The fourth-order valence-electron chi connectivity index (χ4n) is 3.28. The van der Waals surface area contributed by atoms with Crippen LogP contribution in [0.2, 0.25) is 0 Å². The summed E-state index contributed by atoms with van der Waals surface area (Å²) in [5.74, 6) is 0.666. The Kier molecular flexibility index (Phi) is 5.48. The number of hydrogen-bond donors (Lipinski definition) is 1. The van der Waals surface area contributed by atoms with Gasteiger partial charge in [0.05, 0.1) is 6.04 Å². The van der Waals surface area contributed by atoms with Crippen LogP contribution in [0.5, 0.6) is 0 Å². The normalized spacial score (nSPS) is 14.4. The summed E-state index contributed by atoms with van der Waals surface area (Å²) in [5.41, 5.74) is 2.57. The lowest BCUT2D eigenvalue weighted by Gasteiger charge is -2.10. The van der Waals surface area contributed by atoms with Crippen LogP contribution in [0.25, 0.3) is 0 Å². The van der Waals surface area contributed by atoms with Gasteiger partial charge in [-0.3, -0.25) is 4.79 Å². The summed E-state index contributed by atoms with van der Waals surface area (Å²) in [6.45, 7) is 0. The Labute approximate surface area is 162 Å². The molecule has 1 amide bonds. The Morgan fingerprint density at radius 1 is 1.07 bits per heavy atom. The number of aromatic nitrogens is 4. The number of thioether (sulfide) groups is 1. The van der Waals surface area contributed by atoms with Gasteiger partial charge in [-0.05, 0) is 53.1 Å². The van der Waals surface area contributed by atoms with Crippen molar-refractivity contribution >= 4 is 23.4 Å². The zero-order valence-electron chi connectivity index (χ0n) is 14.9. The fourth-order valence-corrected chi connectivity index (χ4v) is 4.18. The van der Waals surface area contributed by atoms with Gasteiger partial charge in [0.1, 0.15) is 0 Å². The van der Waals surface area contributed by atoms with E-state index in [9.17, 15) is 4.79 Å². The van der Waals surface area contributed by atoms with E-state index in [1.54, 1.807) is 11.8 Å². The molecule has 6 nitrogen and oxygen atoms in total. The molecule has 0 aliphatic heterocycles. The van der Waals surface area contributed by atoms with Crippen molar-refractivity contribution < 1.29 is 4.79 Å². The molecular formula is C20H21N5OS. The SMILES string of the molecule is O=C(Nc1ccccc1)c1ccc(CSc2nnnn2C2CCCC2)cc1. The van der Waals surface area contributed by atoms with Crippen molar-refractivity contribution in [2.75, 3.05) is 5.32 Å². The standard InChI is InChI=1S/C20H21N5OS/c26-19(21-17-6-2-1-3-7-17)16-12-10-15(11-13-16)14-27-20-22-23-24-25(20)18-8-4-5-9-18/h1-3,6-7,10-13,18H,4-5,8-9,14H2,(H,21,26). The number of carbonyl (C=O) groups is 1. The molecule has 1 aromatic heterocycles. The number of tetrazole rings is 1. The zero-order chi connectivity index (χ0) is 18.5. The molecule has 1 saturated carbocycles. The number of anilines is 1. The van der Waals surface area contributed by atoms with E-state index < -0.39 is 0 Å². The fraction of sp³-hybridized carbons (Fsp3) is 0.300. The van der Waals surface area contributed by atoms with Crippen LogP contribution in [0.1, 0.15) is 47.6 Å². The van der Waals surface area contributed by atoms with E-state index in [2.05, 4.69) is 20.8 Å². The molecule has 1 N–H and O–H groups in total. The lowest BCUT2D eigenvalue weighted by atomic mass is 10.1. The number of rotatable bonds is 6. The van der Waals surface area contributed by atoms with E-state index in [-0.39, 0.29) is 5.91 Å². The van der Waals surface area contributed by atoms with Crippen molar-refractivity contribution in [1.29, 1.82) is 0 Å². The van der Waals surface area contributed by atoms with Gasteiger partial charge in [0, 0.05) is 17.0 Å². The smallest absolute Gasteiger partial charge is 0.255 e. The molecule has 0 spiro atoms. The van der Waals surface area contributed by atoms with E-state index in [4.69, 9.17) is 0 Å². The van der Waals surface area contributed by atoms with Crippen molar-refractivity contribution in [2.24, 2.45) is 0 Å². The van der Waals surface area contributed by atoms with Gasteiger partial charge in [0.2, 0.25) is 5.16 Å². The summed E-state index contributed by atoms with van der Waals surface area (Å²) < 4.78 is 1.97. The Morgan fingerprint density at radius 3 is 2.56 bits per heavy atom. The quantitative estimate of drug-likeness (QED) is 0.645. The maximum absolute atomic E-state index is 12.3. The minimum atomic E-state index is -0.106. The summed E-state index contributed by atoms with van der Waals surface area (Å²) in [7, 11) is 0. The van der Waals surface area contributed by atoms with Gasteiger partial charge in [-0.1, -0.05) is 54.9 Å². The van der Waals surface area contributed by atoms with Gasteiger partial charge < -0.3 is 5.32 Å². The first-order valence-electron chi connectivity index (χ1n) is 9.15. The second kappa shape index (κ2) is 8.35. The molecule has 7 heteroatoms. The third kappa shape index (κ3) is 4.36. The van der Waals surface area contributed by atoms with E-state index in [1.807, 2.05) is 59.3 Å². The van der Waals surface area contributed by atoms with Crippen LogP contribution in [0.3, 0.4) is 0 Å². The maximum atomic E-state index is 12.3. The first-order valence-corrected chi connectivity index (χ1v) is 10.1. The molecule has 0 radical (unpaired) electrons. The third-order valence-electron chi connectivity index (χ3n) is 4.75. The number of nitrogens with zero attached hydrogens (tertiary/aromatic N) is 4. The highest BCUT2D eigenvalue weighted by atomic mass is 32.2. The van der Waals surface area contributed by atoms with E-state index >= 15 is 0 Å². The second-order valence-electron chi connectivity index (χ2n) is 6.65. The predicted octanol–water partition coefficient (Wildman–Crippen LogP) is 4.33. The molecule has 0 atom stereocenters. The number of nitrogens with one attached hydrogen (secondary N) is 1. The van der Waals surface area contributed by atoms with Crippen LogP contribution in [0, 0.1) is 0 Å². The van der Waals surface area contributed by atoms with Gasteiger partial charge in [0.15, 0.2) is 0 Å². The molecule has 1 aliphatic carbocycles. The molecule has 0 saturated heterocycles. The van der Waals surface area contributed by atoms with Crippen LogP contribution in [-0.2, 0) is 5.75 Å². The van der Waals surface area contributed by atoms with E-state index in [0.29, 0.717) is 11.6 Å². The van der Waals surface area contributed by atoms with Crippen molar-refractivity contribution in [3.05, 3.63) is 65.7 Å². The minimum absolute atomic E-state index is 0.106. The van der Waals surface area contributed by atoms with Crippen molar-refractivity contribution in [3.8, 4) is 0 Å². The summed E-state index contributed by atoms with van der Waals surface area (Å²) >= 11 is 1.64. The largest absolute Gasteiger partial charge is 0.322 e. The second-order valence-corrected chi connectivity index (χ2v) is 7.59. The van der Waals surface area contributed by atoms with E-state index in [0.717, 1.165) is 35.0 Å². The number of hydrogen-bond acceptors (Lipinski definition) is 5. The Morgan fingerprint density at radius 2 is 1.81 bits per heavy atom. The van der Waals surface area contributed by atoms with Crippen LogP contribution < -0.4 is 5.32 Å².